The number of carbonyl (C=O) groups excluding carboxylic acids is 2. The zero-order chi connectivity index (χ0) is 19.4. The lowest BCUT2D eigenvalue weighted by Crippen LogP contribution is -2.28. The summed E-state index contributed by atoms with van der Waals surface area (Å²) in [7, 11) is 0. The first-order valence-electron chi connectivity index (χ1n) is 7.96. The molecule has 0 aliphatic heterocycles. The molecule has 0 saturated heterocycles. The summed E-state index contributed by atoms with van der Waals surface area (Å²) in [6, 6.07) is 8.04. The fourth-order valence-corrected chi connectivity index (χ4v) is 3.68. The highest BCUT2D eigenvalue weighted by Crippen LogP contribution is 2.26. The van der Waals surface area contributed by atoms with Crippen molar-refractivity contribution in [3.8, 4) is 0 Å². The molecule has 3 rings (SSSR count). The quantitative estimate of drug-likeness (QED) is 0.600. The second kappa shape index (κ2) is 8.56. The molecule has 0 aliphatic carbocycles. The van der Waals surface area contributed by atoms with Crippen molar-refractivity contribution >= 4 is 51.5 Å². The Labute approximate surface area is 169 Å². The molecule has 0 fully saturated rings. The summed E-state index contributed by atoms with van der Waals surface area (Å²) in [5.74, 6) is -0.405. The first-order chi connectivity index (χ1) is 12.9. The van der Waals surface area contributed by atoms with Gasteiger partial charge in [0.05, 0.1) is 24.4 Å². The number of amides is 2. The Bertz CT molecular complexity index is 957. The number of aromatic nitrogens is 1. The largest absolute Gasteiger partial charge is 0.459 e. The molecule has 0 bridgehead atoms. The molecule has 0 saturated carbocycles. The number of nitrogens with zero attached hydrogens (tertiary/aromatic N) is 1. The Hall–Kier alpha value is -2.35. The number of halogens is 2. The molecule has 0 spiro atoms. The van der Waals surface area contributed by atoms with Gasteiger partial charge in [0.15, 0.2) is 10.9 Å². The summed E-state index contributed by atoms with van der Waals surface area (Å²) in [6.45, 7) is 1.84. The van der Waals surface area contributed by atoms with Crippen LogP contribution < -0.4 is 10.6 Å². The third-order valence-corrected chi connectivity index (χ3v) is 5.03. The van der Waals surface area contributed by atoms with Gasteiger partial charge in [-0.25, -0.2) is 4.98 Å². The van der Waals surface area contributed by atoms with Crippen molar-refractivity contribution in [2.75, 3.05) is 5.32 Å². The summed E-state index contributed by atoms with van der Waals surface area (Å²) in [4.78, 5) is 28.4. The molecule has 140 valence electrons. The van der Waals surface area contributed by atoms with E-state index >= 15 is 0 Å². The second-order valence-electron chi connectivity index (χ2n) is 5.71. The number of hydrogen-bond acceptors (Lipinski definition) is 5. The van der Waals surface area contributed by atoms with Crippen molar-refractivity contribution in [2.45, 2.75) is 19.4 Å². The van der Waals surface area contributed by atoms with Gasteiger partial charge in [-0.15, -0.1) is 11.3 Å². The molecule has 3 aromatic rings. The van der Waals surface area contributed by atoms with E-state index in [0.717, 1.165) is 5.56 Å². The molecule has 0 radical (unpaired) electrons. The van der Waals surface area contributed by atoms with Crippen LogP contribution in [0.2, 0.25) is 10.0 Å². The van der Waals surface area contributed by atoms with Gasteiger partial charge in [-0.05, 0) is 36.8 Å². The van der Waals surface area contributed by atoms with Gasteiger partial charge < -0.3 is 9.73 Å². The predicted molar refractivity (Wildman–Crippen MR) is 105 cm³/mol. The predicted octanol–water partition coefficient (Wildman–Crippen LogP) is 4.72. The molecule has 27 heavy (non-hydrogen) atoms. The van der Waals surface area contributed by atoms with Crippen molar-refractivity contribution in [2.24, 2.45) is 0 Å². The first-order valence-corrected chi connectivity index (χ1v) is 9.59. The number of thiazole rings is 1. The Balaban J connectivity index is 1.56. The highest BCUT2D eigenvalue weighted by molar-refractivity contribution is 7.14. The van der Waals surface area contributed by atoms with Gasteiger partial charge in [-0.2, -0.15) is 0 Å². The number of hydrogen-bond donors (Lipinski definition) is 2. The van der Waals surface area contributed by atoms with Crippen LogP contribution >= 0.6 is 34.5 Å². The van der Waals surface area contributed by atoms with Crippen LogP contribution in [-0.4, -0.2) is 16.8 Å². The minimum absolute atomic E-state index is 0.0860. The molecule has 2 heterocycles. The maximum Gasteiger partial charge on any atom is 0.293 e. The molecule has 1 atom stereocenters. The van der Waals surface area contributed by atoms with E-state index in [2.05, 4.69) is 15.6 Å². The third-order valence-electron chi connectivity index (χ3n) is 3.67. The second-order valence-corrected chi connectivity index (χ2v) is 7.41. The Morgan fingerprint density at radius 2 is 2.11 bits per heavy atom. The topological polar surface area (TPSA) is 84.2 Å². The van der Waals surface area contributed by atoms with E-state index in [-0.39, 0.29) is 24.1 Å². The number of carbonyl (C=O) groups is 2. The van der Waals surface area contributed by atoms with E-state index < -0.39 is 5.91 Å². The molecule has 1 aromatic carbocycles. The van der Waals surface area contributed by atoms with E-state index in [1.165, 1.54) is 17.6 Å². The summed E-state index contributed by atoms with van der Waals surface area (Å²) in [5, 5.41) is 8.65. The van der Waals surface area contributed by atoms with E-state index in [9.17, 15) is 9.59 Å². The van der Waals surface area contributed by atoms with E-state index in [4.69, 9.17) is 27.6 Å². The van der Waals surface area contributed by atoms with E-state index in [1.54, 1.807) is 35.7 Å². The van der Waals surface area contributed by atoms with E-state index in [1.807, 2.05) is 6.92 Å². The fraction of sp³-hybridized carbons (Fsp3) is 0.167. The zero-order valence-electron chi connectivity index (χ0n) is 14.2. The zero-order valence-corrected chi connectivity index (χ0v) is 16.5. The Kier molecular flexibility index (Phi) is 6.15. The van der Waals surface area contributed by atoms with Crippen molar-refractivity contribution in [1.29, 1.82) is 0 Å². The first kappa shape index (κ1) is 19.4. The molecule has 0 aliphatic rings. The van der Waals surface area contributed by atoms with Crippen molar-refractivity contribution < 1.29 is 14.0 Å². The number of anilines is 1. The smallest absolute Gasteiger partial charge is 0.293 e. The van der Waals surface area contributed by atoms with Crippen LogP contribution in [0.1, 0.15) is 34.8 Å². The summed E-state index contributed by atoms with van der Waals surface area (Å²) in [5.41, 5.74) is 1.33. The minimum atomic E-state index is -0.392. The van der Waals surface area contributed by atoms with E-state index in [0.29, 0.717) is 20.9 Å². The molecular weight excluding hydrogens is 409 g/mol. The van der Waals surface area contributed by atoms with Crippen LogP contribution in [0, 0.1) is 0 Å². The molecule has 2 aromatic heterocycles. The van der Waals surface area contributed by atoms with Crippen LogP contribution in [0.25, 0.3) is 0 Å². The number of nitrogens with one attached hydrogen (secondary N) is 2. The molecule has 9 heteroatoms. The number of furan rings is 1. The fourth-order valence-electron chi connectivity index (χ4n) is 2.40. The Morgan fingerprint density at radius 1 is 1.30 bits per heavy atom. The molecule has 1 unspecified atom stereocenters. The highest BCUT2D eigenvalue weighted by Gasteiger charge is 2.16. The summed E-state index contributed by atoms with van der Waals surface area (Å²) in [6.07, 6.45) is 1.50. The highest BCUT2D eigenvalue weighted by atomic mass is 35.5. The van der Waals surface area contributed by atoms with Gasteiger partial charge in [-0.3, -0.25) is 14.9 Å². The number of benzene rings is 1. The average molecular weight is 424 g/mol. The summed E-state index contributed by atoms with van der Waals surface area (Å²) >= 11 is 13.3. The van der Waals surface area contributed by atoms with Crippen LogP contribution in [0.5, 0.6) is 0 Å². The lowest BCUT2D eigenvalue weighted by atomic mass is 10.1. The third kappa shape index (κ3) is 5.09. The lowest BCUT2D eigenvalue weighted by molar-refractivity contribution is -0.121. The van der Waals surface area contributed by atoms with Gasteiger partial charge in [0.2, 0.25) is 5.91 Å². The van der Waals surface area contributed by atoms with Crippen molar-refractivity contribution in [3.05, 3.63) is 69.0 Å². The maximum absolute atomic E-state index is 12.3. The van der Waals surface area contributed by atoms with Crippen LogP contribution in [0.4, 0.5) is 5.13 Å². The molecule has 6 nitrogen and oxygen atoms in total. The van der Waals surface area contributed by atoms with Crippen LogP contribution in [0.15, 0.2) is 46.4 Å². The molecular formula is C18H15Cl2N3O3S. The van der Waals surface area contributed by atoms with Crippen molar-refractivity contribution in [3.63, 3.8) is 0 Å². The van der Waals surface area contributed by atoms with Crippen molar-refractivity contribution in [1.82, 2.24) is 10.3 Å². The van der Waals surface area contributed by atoms with Gasteiger partial charge in [0.25, 0.3) is 5.91 Å². The van der Waals surface area contributed by atoms with Crippen LogP contribution in [0.3, 0.4) is 0 Å². The Morgan fingerprint density at radius 3 is 2.81 bits per heavy atom. The minimum Gasteiger partial charge on any atom is -0.459 e. The number of rotatable bonds is 6. The van der Waals surface area contributed by atoms with Crippen LogP contribution in [-0.2, 0) is 11.2 Å². The standard InChI is InChI=1S/C18H15Cl2N3O3S/c1-10(13-5-4-11(19)7-14(13)20)21-16(24)8-12-9-27-18(22-12)23-17(25)15-3-2-6-26-15/h2-7,9-10H,8H2,1H3,(H,21,24)(H,22,23,25). The SMILES string of the molecule is CC(NC(=O)Cc1csc(NC(=O)c2ccco2)n1)c1ccc(Cl)cc1Cl. The average Bonchev–Trinajstić information content (AvgIpc) is 3.26. The maximum atomic E-state index is 12.3. The monoisotopic (exact) mass is 423 g/mol. The molecule has 2 amide bonds. The van der Waals surface area contributed by atoms with Gasteiger partial charge in [0.1, 0.15) is 0 Å². The lowest BCUT2D eigenvalue weighted by Gasteiger charge is -2.15. The van der Waals surface area contributed by atoms with Gasteiger partial charge in [-0.1, -0.05) is 29.3 Å². The normalized spacial score (nSPS) is 11.8. The molecule has 2 N–H and O–H groups in total. The summed E-state index contributed by atoms with van der Waals surface area (Å²) < 4.78 is 5.02. The van der Waals surface area contributed by atoms with Gasteiger partial charge >= 0.3 is 0 Å². The van der Waals surface area contributed by atoms with Gasteiger partial charge in [0, 0.05) is 15.4 Å².